The summed E-state index contributed by atoms with van der Waals surface area (Å²) in [5, 5.41) is 0. The molecule has 0 N–H and O–H groups in total. The van der Waals surface area contributed by atoms with E-state index in [4.69, 9.17) is 4.74 Å². The average Bonchev–Trinajstić information content (AvgIpc) is 2.42. The fraction of sp³-hybridized carbons (Fsp3) is 0.500. The van der Waals surface area contributed by atoms with Crippen LogP contribution < -0.4 is 18.9 Å². The van der Waals surface area contributed by atoms with Gasteiger partial charge in [-0.3, -0.25) is 0 Å². The molecule has 1 heterocycles. The van der Waals surface area contributed by atoms with Crippen molar-refractivity contribution in [3.05, 3.63) is 47.2 Å². The van der Waals surface area contributed by atoms with Gasteiger partial charge in [0.15, 0.2) is 0 Å². The van der Waals surface area contributed by atoms with Crippen LogP contribution in [0.25, 0.3) is 0 Å². The molecule has 22 heavy (non-hydrogen) atoms. The molecule has 1 aromatic rings. The number of fused-ring (bicyclic) bond motifs is 1. The minimum atomic E-state index is -0.482. The van der Waals surface area contributed by atoms with Gasteiger partial charge in [0.05, 0.1) is 0 Å². The molecule has 0 unspecified atom stereocenters. The number of amides is 1. The van der Waals surface area contributed by atoms with E-state index < -0.39 is 5.60 Å². The van der Waals surface area contributed by atoms with Gasteiger partial charge < -0.3 is 9.64 Å². The molecule has 114 valence electrons. The van der Waals surface area contributed by atoms with Crippen molar-refractivity contribution in [2.45, 2.75) is 59.1 Å². The SMILES string of the molecule is CCCCC1=[C-]c2ccccc2CN1C(=O)OC(C)(C)C.[Li+]. The number of carbonyl (C=O) groups is 1. The van der Waals surface area contributed by atoms with Crippen LogP contribution in [0.5, 0.6) is 0 Å². The number of carbonyl (C=O) groups excluding carboxylic acids is 1. The molecule has 3 nitrogen and oxygen atoms in total. The van der Waals surface area contributed by atoms with Gasteiger partial charge in [-0.25, -0.2) is 4.79 Å². The quantitative estimate of drug-likeness (QED) is 0.627. The molecule has 1 aliphatic rings. The van der Waals surface area contributed by atoms with E-state index in [1.807, 2.05) is 45.0 Å². The van der Waals surface area contributed by atoms with E-state index >= 15 is 0 Å². The van der Waals surface area contributed by atoms with E-state index in [2.05, 4.69) is 13.0 Å². The monoisotopic (exact) mass is 293 g/mol. The molecular formula is C18H24LiNO2. The molecule has 2 rings (SSSR count). The molecule has 0 spiro atoms. The molecule has 1 amide bonds. The Bertz CT molecular complexity index is 546. The number of allylic oxidation sites excluding steroid dienone is 1. The first-order valence-electron chi connectivity index (χ1n) is 7.62. The van der Waals surface area contributed by atoms with Crippen LogP contribution in [0.3, 0.4) is 0 Å². The first kappa shape index (κ1) is 18.9. The van der Waals surface area contributed by atoms with E-state index in [0.29, 0.717) is 6.54 Å². The minimum Gasteiger partial charge on any atom is -0.443 e. The van der Waals surface area contributed by atoms with Crippen molar-refractivity contribution in [3.63, 3.8) is 0 Å². The van der Waals surface area contributed by atoms with Crippen LogP contribution in [-0.4, -0.2) is 16.6 Å². The first-order chi connectivity index (χ1) is 9.90. The van der Waals surface area contributed by atoms with Crippen LogP contribution in [0.4, 0.5) is 4.79 Å². The molecule has 0 atom stereocenters. The van der Waals surface area contributed by atoms with Crippen molar-refractivity contribution >= 4 is 6.09 Å². The Hall–Kier alpha value is -1.17. The van der Waals surface area contributed by atoms with Gasteiger partial charge in [0.2, 0.25) is 0 Å². The molecule has 0 radical (unpaired) electrons. The molecule has 4 heteroatoms. The molecule has 0 bridgehead atoms. The summed E-state index contributed by atoms with van der Waals surface area (Å²) in [6.07, 6.45) is 6.10. The number of ether oxygens (including phenoxy) is 1. The van der Waals surface area contributed by atoms with Crippen LogP contribution in [0.15, 0.2) is 30.0 Å². The van der Waals surface area contributed by atoms with E-state index in [-0.39, 0.29) is 25.0 Å². The predicted octanol–water partition coefficient (Wildman–Crippen LogP) is 1.67. The van der Waals surface area contributed by atoms with Crippen LogP contribution >= 0.6 is 0 Å². The molecule has 0 aliphatic carbocycles. The van der Waals surface area contributed by atoms with E-state index in [9.17, 15) is 4.79 Å². The summed E-state index contributed by atoms with van der Waals surface area (Å²) in [4.78, 5) is 14.2. The summed E-state index contributed by atoms with van der Waals surface area (Å²) >= 11 is 0. The fourth-order valence-electron chi connectivity index (χ4n) is 2.30. The van der Waals surface area contributed by atoms with E-state index in [1.165, 1.54) is 0 Å². The van der Waals surface area contributed by atoms with Crippen molar-refractivity contribution < 1.29 is 28.4 Å². The number of rotatable bonds is 3. The molecule has 0 saturated carbocycles. The first-order valence-corrected chi connectivity index (χ1v) is 7.62. The normalized spacial score (nSPS) is 13.8. The van der Waals surface area contributed by atoms with Crippen LogP contribution in [-0.2, 0) is 11.3 Å². The molecular weight excluding hydrogens is 269 g/mol. The summed E-state index contributed by atoms with van der Waals surface area (Å²) in [7, 11) is 0. The zero-order valence-electron chi connectivity index (χ0n) is 14.4. The Morgan fingerprint density at radius 1 is 1.32 bits per heavy atom. The van der Waals surface area contributed by atoms with Crippen LogP contribution in [0.2, 0.25) is 0 Å². The summed E-state index contributed by atoms with van der Waals surface area (Å²) in [6.45, 7) is 8.39. The molecule has 1 aliphatic heterocycles. The number of hydrogen-bond acceptors (Lipinski definition) is 2. The topological polar surface area (TPSA) is 29.5 Å². The number of unbranched alkanes of at least 4 members (excludes halogenated alkanes) is 1. The Morgan fingerprint density at radius 2 is 2.00 bits per heavy atom. The van der Waals surface area contributed by atoms with E-state index in [1.54, 1.807) is 4.90 Å². The smallest absolute Gasteiger partial charge is 0.443 e. The Balaban J connectivity index is 0.00000242. The third kappa shape index (κ3) is 4.93. The van der Waals surface area contributed by atoms with Gasteiger partial charge in [-0.2, -0.15) is 17.7 Å². The van der Waals surface area contributed by atoms with Gasteiger partial charge in [-0.15, -0.1) is 17.7 Å². The number of benzene rings is 1. The third-order valence-electron chi connectivity index (χ3n) is 3.33. The molecule has 0 fully saturated rings. The van der Waals surface area contributed by atoms with Crippen molar-refractivity contribution in [3.8, 4) is 0 Å². The van der Waals surface area contributed by atoms with Crippen molar-refractivity contribution in [1.82, 2.24) is 4.90 Å². The van der Waals surface area contributed by atoms with Gasteiger partial charge in [0.25, 0.3) is 0 Å². The second kappa shape index (κ2) is 7.90. The van der Waals surface area contributed by atoms with Gasteiger partial charge in [-0.05, 0) is 39.3 Å². The molecule has 1 aromatic carbocycles. The van der Waals surface area contributed by atoms with Gasteiger partial charge in [0, 0.05) is 6.54 Å². The maximum absolute atomic E-state index is 12.4. The fourth-order valence-corrected chi connectivity index (χ4v) is 2.30. The summed E-state index contributed by atoms with van der Waals surface area (Å²) in [6, 6.07) is 8.08. The van der Waals surface area contributed by atoms with Crippen molar-refractivity contribution in [1.29, 1.82) is 0 Å². The standard InChI is InChI=1S/C18H24NO2.Li/c1-5-6-11-16-12-14-9-7-8-10-15(14)13-19(16)17(20)21-18(2,3)4;/h7-10H,5-6,11,13H2,1-4H3;/q-1;+1. The van der Waals surface area contributed by atoms with Gasteiger partial charge in [-0.1, -0.05) is 19.4 Å². The third-order valence-corrected chi connectivity index (χ3v) is 3.33. The number of hydrogen-bond donors (Lipinski definition) is 0. The average molecular weight is 293 g/mol. The predicted molar refractivity (Wildman–Crippen MR) is 83.6 cm³/mol. The second-order valence-corrected chi connectivity index (χ2v) is 6.40. The van der Waals surface area contributed by atoms with Gasteiger partial charge >= 0.3 is 25.0 Å². The summed E-state index contributed by atoms with van der Waals surface area (Å²) in [5.41, 5.74) is 2.65. The zero-order valence-corrected chi connectivity index (χ0v) is 14.4. The summed E-state index contributed by atoms with van der Waals surface area (Å²) in [5.74, 6) is 0. The van der Waals surface area contributed by atoms with Crippen LogP contribution in [0.1, 0.15) is 58.1 Å². The molecule has 0 aromatic heterocycles. The Morgan fingerprint density at radius 3 is 2.64 bits per heavy atom. The Labute approximate surface area is 145 Å². The van der Waals surface area contributed by atoms with Crippen molar-refractivity contribution in [2.24, 2.45) is 0 Å². The maximum atomic E-state index is 12.4. The second-order valence-electron chi connectivity index (χ2n) is 6.40. The number of nitrogens with zero attached hydrogens (tertiary/aromatic N) is 1. The zero-order chi connectivity index (χ0) is 15.5. The largest absolute Gasteiger partial charge is 1.00 e. The Kier molecular flexibility index (Phi) is 6.78. The summed E-state index contributed by atoms with van der Waals surface area (Å²) < 4.78 is 5.53. The molecule has 0 saturated heterocycles. The minimum absolute atomic E-state index is 0. The van der Waals surface area contributed by atoms with Crippen LogP contribution in [0, 0.1) is 6.08 Å². The van der Waals surface area contributed by atoms with Gasteiger partial charge in [0.1, 0.15) is 5.60 Å². The maximum Gasteiger partial charge on any atom is 1.00 e. The van der Waals surface area contributed by atoms with Crippen molar-refractivity contribution in [2.75, 3.05) is 0 Å². The van der Waals surface area contributed by atoms with E-state index in [0.717, 1.165) is 36.1 Å².